The van der Waals surface area contributed by atoms with E-state index in [1.807, 2.05) is 117 Å². The first kappa shape index (κ1) is 48.5. The van der Waals surface area contributed by atoms with Gasteiger partial charge in [-0.1, -0.05) is 119 Å². The molecule has 1 atom stereocenters. The second-order valence-electron chi connectivity index (χ2n) is 15.6. The molecule has 13 nitrogen and oxygen atoms in total. The highest BCUT2D eigenvalue weighted by Crippen LogP contribution is 2.51. The van der Waals surface area contributed by atoms with Crippen molar-refractivity contribution in [1.29, 1.82) is 0 Å². The zero-order valence-corrected chi connectivity index (χ0v) is 37.2. The van der Waals surface area contributed by atoms with E-state index in [0.717, 1.165) is 41.0 Å². The van der Waals surface area contributed by atoms with Crippen molar-refractivity contribution >= 4 is 43.0 Å². The highest BCUT2D eigenvalue weighted by atomic mass is 31.2. The number of urea groups is 1. The number of amides is 2. The Balaban J connectivity index is 1.24. The molecule has 0 spiro atoms. The van der Waals surface area contributed by atoms with Crippen LogP contribution in [0.3, 0.4) is 0 Å². The van der Waals surface area contributed by atoms with Gasteiger partial charge in [-0.15, -0.1) is 0 Å². The summed E-state index contributed by atoms with van der Waals surface area (Å²) >= 11 is 0. The smallest absolute Gasteiger partial charge is 0.434 e. The Morgan fingerprint density at radius 2 is 1.28 bits per heavy atom. The van der Waals surface area contributed by atoms with Crippen LogP contribution >= 0.6 is 7.82 Å². The summed E-state index contributed by atoms with van der Waals surface area (Å²) in [7, 11) is -3.91. The second-order valence-corrected chi connectivity index (χ2v) is 17.3. The van der Waals surface area contributed by atoms with Gasteiger partial charge in [-0.3, -0.25) is 18.4 Å². The van der Waals surface area contributed by atoms with Crippen molar-refractivity contribution in [1.82, 2.24) is 0 Å². The van der Waals surface area contributed by atoms with E-state index in [0.29, 0.717) is 42.5 Å². The van der Waals surface area contributed by atoms with Gasteiger partial charge in [0.25, 0.3) is 0 Å². The molecule has 4 rings (SSSR count). The van der Waals surface area contributed by atoms with Crippen molar-refractivity contribution in [2.24, 2.45) is 11.8 Å². The summed E-state index contributed by atoms with van der Waals surface area (Å²) in [4.78, 5) is 40.7. The van der Waals surface area contributed by atoms with Gasteiger partial charge in [0.15, 0.2) is 0 Å². The third kappa shape index (κ3) is 18.1. The van der Waals surface area contributed by atoms with Gasteiger partial charge in [-0.25, -0.2) is 14.2 Å². The van der Waals surface area contributed by atoms with Crippen LogP contribution in [0.25, 0.3) is 0 Å². The van der Waals surface area contributed by atoms with Crippen molar-refractivity contribution in [2.45, 2.75) is 86.4 Å². The number of esters is 1. The number of anilines is 3. The number of nitrogens with one attached hydrogen (secondary N) is 2. The van der Waals surface area contributed by atoms with Gasteiger partial charge < -0.3 is 29.7 Å². The highest BCUT2D eigenvalue weighted by molar-refractivity contribution is 7.48. The normalized spacial score (nSPS) is 11.9. The van der Waals surface area contributed by atoms with E-state index in [1.54, 1.807) is 0 Å². The third-order valence-electron chi connectivity index (χ3n) is 9.34. The molecule has 0 radical (unpaired) electrons. The Kier molecular flexibility index (Phi) is 20.3. The number of phosphoric ester groups is 1. The van der Waals surface area contributed by atoms with Crippen LogP contribution in [-0.4, -0.2) is 51.3 Å². The predicted molar refractivity (Wildman–Crippen MR) is 238 cm³/mol. The maximum absolute atomic E-state index is 13.4. The quantitative estimate of drug-likeness (QED) is 0.0283. The number of benzene rings is 4. The largest absolute Gasteiger partial charge is 0.511 e. The molecule has 0 fully saturated rings. The molecular formula is C47H62N3O10P. The van der Waals surface area contributed by atoms with Gasteiger partial charge in [0.1, 0.15) is 0 Å². The zero-order valence-electron chi connectivity index (χ0n) is 36.3. The highest BCUT2D eigenvalue weighted by Gasteiger charge is 2.27. The van der Waals surface area contributed by atoms with E-state index in [4.69, 9.17) is 27.8 Å². The summed E-state index contributed by atoms with van der Waals surface area (Å²) in [5.74, 6) is -0.0207. The van der Waals surface area contributed by atoms with Crippen LogP contribution < -0.4 is 15.5 Å². The summed E-state index contributed by atoms with van der Waals surface area (Å²) in [6.45, 7) is 13.7. The topological polar surface area (TPSA) is 151 Å². The van der Waals surface area contributed by atoms with Crippen LogP contribution in [0.2, 0.25) is 0 Å². The lowest BCUT2D eigenvalue weighted by Gasteiger charge is -2.31. The molecule has 2 N–H and O–H groups in total. The molecular weight excluding hydrogens is 798 g/mol. The van der Waals surface area contributed by atoms with E-state index >= 15 is 0 Å². The molecule has 14 heteroatoms. The first-order chi connectivity index (χ1) is 29.3. The number of rotatable bonds is 25. The van der Waals surface area contributed by atoms with Crippen LogP contribution in [0.1, 0.15) is 88.5 Å². The maximum atomic E-state index is 13.4. The van der Waals surface area contributed by atoms with E-state index in [2.05, 4.69) is 43.2 Å². The van der Waals surface area contributed by atoms with E-state index < -0.39 is 26.7 Å². The Bertz CT molecular complexity index is 1920. The monoisotopic (exact) mass is 859 g/mol. The van der Waals surface area contributed by atoms with Crippen LogP contribution in [0.4, 0.5) is 26.7 Å². The minimum atomic E-state index is -3.91. The summed E-state index contributed by atoms with van der Waals surface area (Å²) in [5.41, 5.74) is 5.78. The molecule has 0 saturated heterocycles. The molecule has 0 saturated carbocycles. The molecule has 1 unspecified atom stereocenters. The van der Waals surface area contributed by atoms with Crippen LogP contribution in [0.15, 0.2) is 103 Å². The number of phosphoric acid groups is 1. The van der Waals surface area contributed by atoms with Crippen molar-refractivity contribution in [3.8, 4) is 0 Å². The van der Waals surface area contributed by atoms with E-state index in [1.165, 1.54) is 0 Å². The Hall–Kier alpha value is -5.20. The molecule has 0 aromatic heterocycles. The van der Waals surface area contributed by atoms with Crippen molar-refractivity contribution < 1.29 is 46.7 Å². The van der Waals surface area contributed by atoms with Gasteiger partial charge in [0.05, 0.1) is 44.2 Å². The molecule has 2 amide bonds. The molecule has 330 valence electrons. The van der Waals surface area contributed by atoms with Crippen molar-refractivity contribution in [3.63, 3.8) is 0 Å². The third-order valence-corrected chi connectivity index (χ3v) is 10.7. The molecule has 4 aromatic rings. The molecule has 0 aliphatic heterocycles. The van der Waals surface area contributed by atoms with Crippen LogP contribution in [0.5, 0.6) is 0 Å². The van der Waals surface area contributed by atoms with Crippen molar-refractivity contribution in [3.05, 3.63) is 125 Å². The predicted octanol–water partition coefficient (Wildman–Crippen LogP) is 11.6. The number of ether oxygens (including phenoxy) is 3. The van der Waals surface area contributed by atoms with E-state index in [-0.39, 0.29) is 44.8 Å². The van der Waals surface area contributed by atoms with Crippen molar-refractivity contribution in [2.75, 3.05) is 48.6 Å². The molecule has 0 bridgehead atoms. The second kappa shape index (κ2) is 25.5. The molecule has 61 heavy (non-hydrogen) atoms. The lowest BCUT2D eigenvalue weighted by molar-refractivity contribution is -0.153. The fraction of sp³-hybridized carbons (Fsp3) is 0.426. The van der Waals surface area contributed by atoms with Gasteiger partial charge >= 0.3 is 26.0 Å². The minimum absolute atomic E-state index is 0.00470. The van der Waals surface area contributed by atoms with Gasteiger partial charge in [0.2, 0.25) is 6.79 Å². The average Bonchev–Trinajstić information content (AvgIpc) is 3.23. The van der Waals surface area contributed by atoms with E-state index in [9.17, 15) is 18.9 Å². The average molecular weight is 860 g/mol. The molecule has 4 aromatic carbocycles. The number of carbonyl (C=O) groups excluding carboxylic acids is 3. The zero-order chi connectivity index (χ0) is 44.0. The van der Waals surface area contributed by atoms with Crippen LogP contribution in [0, 0.1) is 18.8 Å². The first-order valence-electron chi connectivity index (χ1n) is 20.9. The number of hydrogen-bond acceptors (Lipinski definition) is 11. The van der Waals surface area contributed by atoms with Gasteiger partial charge in [-0.05, 0) is 84.9 Å². The maximum Gasteiger partial charge on any atom is 0.511 e. The summed E-state index contributed by atoms with van der Waals surface area (Å²) in [5, 5.41) is 5.98. The SMILES string of the molecule is CCC(CC(=O)OCOC(=O)OCCCCOP(=O)(OCc1ccccc1)OCc1ccccc1)c1ccc(N(CC(C)C)CC(C)C)c(NC(=O)Nc2ccc(C)cc2)c1. The standard InChI is InChI=1S/C47H62N3O10P/c1-7-40(41-22-25-44(50(30-35(2)3)31-36(4)5)43(28-41)49-46(52)48-42-23-20-37(6)21-24-42)29-45(51)56-34-57-47(53)55-26-14-15-27-58-61(54,59-32-38-16-10-8-11-17-38)60-33-39-18-12-9-13-19-39/h8-13,16-25,28,35-36,40H,7,14-15,26-27,29-34H2,1-6H3,(H2,48,49,52). The fourth-order valence-corrected chi connectivity index (χ4v) is 7.49. The number of nitrogens with zero attached hydrogens (tertiary/aromatic N) is 1. The van der Waals surface area contributed by atoms with Gasteiger partial charge in [-0.2, -0.15) is 0 Å². The summed E-state index contributed by atoms with van der Waals surface area (Å²) in [6, 6.07) is 31.7. The number of carbonyl (C=O) groups is 3. The summed E-state index contributed by atoms with van der Waals surface area (Å²) < 4.78 is 45.6. The molecule has 0 aliphatic rings. The summed E-state index contributed by atoms with van der Waals surface area (Å²) in [6.07, 6.45) is 0.411. The number of aryl methyl sites for hydroxylation is 1. The fourth-order valence-electron chi connectivity index (χ4n) is 6.30. The van der Waals surface area contributed by atoms with Gasteiger partial charge in [0, 0.05) is 18.8 Å². The Labute approximate surface area is 361 Å². The number of unbranched alkanes of at least 4 members (excludes halogenated alkanes) is 1. The molecule has 0 heterocycles. The Morgan fingerprint density at radius 1 is 0.689 bits per heavy atom. The minimum Gasteiger partial charge on any atom is -0.434 e. The van der Waals surface area contributed by atoms with Crippen LogP contribution in [-0.2, 0) is 50.4 Å². The first-order valence-corrected chi connectivity index (χ1v) is 22.4. The Morgan fingerprint density at radius 3 is 1.85 bits per heavy atom. The lowest BCUT2D eigenvalue weighted by atomic mass is 9.92. The molecule has 0 aliphatic carbocycles. The lowest BCUT2D eigenvalue weighted by Crippen LogP contribution is -2.32. The number of hydrogen-bond donors (Lipinski definition) is 2.